The van der Waals surface area contributed by atoms with E-state index in [9.17, 15) is 4.79 Å². The largest absolute Gasteiger partial charge is 0.493 e. The molecule has 27 heavy (non-hydrogen) atoms. The number of amides is 1. The number of hydrogen-bond acceptors (Lipinski definition) is 6. The molecular weight excluding hydrogens is 406 g/mol. The van der Waals surface area contributed by atoms with Crippen molar-refractivity contribution in [3.63, 3.8) is 0 Å². The topological polar surface area (TPSA) is 48.0 Å². The molecular formula is C19H20ClNO4S2. The summed E-state index contributed by atoms with van der Waals surface area (Å²) < 4.78 is 17.1. The number of carbonyl (C=O) groups is 1. The first kappa shape index (κ1) is 20.2. The molecule has 1 aromatic rings. The van der Waals surface area contributed by atoms with Crippen molar-refractivity contribution < 1.29 is 19.0 Å². The van der Waals surface area contributed by atoms with E-state index in [1.807, 2.05) is 0 Å². The van der Waals surface area contributed by atoms with Gasteiger partial charge in [0.05, 0.1) is 29.7 Å². The summed E-state index contributed by atoms with van der Waals surface area (Å²) in [7, 11) is 1.54. The Morgan fingerprint density at radius 3 is 3.00 bits per heavy atom. The zero-order chi connectivity index (χ0) is 19.4. The van der Waals surface area contributed by atoms with Gasteiger partial charge in [0.1, 0.15) is 10.9 Å². The number of benzene rings is 1. The van der Waals surface area contributed by atoms with Crippen molar-refractivity contribution in [2.75, 3.05) is 26.9 Å². The minimum atomic E-state index is -0.109. The van der Waals surface area contributed by atoms with E-state index in [2.05, 4.69) is 6.58 Å². The van der Waals surface area contributed by atoms with Crippen molar-refractivity contribution in [1.29, 1.82) is 0 Å². The van der Waals surface area contributed by atoms with Crippen LogP contribution < -0.4 is 9.47 Å². The maximum Gasteiger partial charge on any atom is 0.266 e. The lowest BCUT2D eigenvalue weighted by Gasteiger charge is -2.18. The average molecular weight is 426 g/mol. The Balaban J connectivity index is 1.81. The first-order valence-electron chi connectivity index (χ1n) is 8.51. The second-order valence-electron chi connectivity index (χ2n) is 6.06. The fourth-order valence-corrected chi connectivity index (χ4v) is 4.45. The number of carbonyl (C=O) groups excluding carboxylic acids is 1. The normalized spacial score (nSPS) is 21.2. The van der Waals surface area contributed by atoms with Crippen LogP contribution in [0.2, 0.25) is 5.02 Å². The predicted molar refractivity (Wildman–Crippen MR) is 113 cm³/mol. The molecule has 0 N–H and O–H groups in total. The van der Waals surface area contributed by atoms with E-state index >= 15 is 0 Å². The van der Waals surface area contributed by atoms with Gasteiger partial charge >= 0.3 is 0 Å². The molecule has 1 atom stereocenters. The molecule has 3 rings (SSSR count). The van der Waals surface area contributed by atoms with Gasteiger partial charge < -0.3 is 14.2 Å². The highest BCUT2D eigenvalue weighted by molar-refractivity contribution is 8.26. The third-order valence-electron chi connectivity index (χ3n) is 4.18. The highest BCUT2D eigenvalue weighted by Gasteiger charge is 2.34. The number of hydrogen-bond donors (Lipinski definition) is 0. The first-order chi connectivity index (χ1) is 13.0. The summed E-state index contributed by atoms with van der Waals surface area (Å²) in [5, 5.41) is 0.400. The van der Waals surface area contributed by atoms with Gasteiger partial charge in [-0.2, -0.15) is 0 Å². The highest BCUT2D eigenvalue weighted by atomic mass is 35.5. The van der Waals surface area contributed by atoms with Crippen LogP contribution in [0.3, 0.4) is 0 Å². The Bertz CT molecular complexity index is 790. The van der Waals surface area contributed by atoms with Crippen LogP contribution in [0.5, 0.6) is 11.5 Å². The standard InChI is InChI=1S/C19H20ClNO4S2/c1-3-6-25-17-14(20)8-12(9-15(17)23-2)10-16-18(22)21(19(26)27-16)11-13-5-4-7-24-13/h3,8-10,13H,1,4-7,11H2,2H3/b16-10-/t13-/m0/s1. The highest BCUT2D eigenvalue weighted by Crippen LogP contribution is 2.39. The van der Waals surface area contributed by atoms with Crippen molar-refractivity contribution in [2.24, 2.45) is 0 Å². The lowest BCUT2D eigenvalue weighted by atomic mass is 10.1. The van der Waals surface area contributed by atoms with Crippen molar-refractivity contribution in [3.8, 4) is 11.5 Å². The number of methoxy groups -OCH3 is 1. The Morgan fingerprint density at radius 2 is 2.33 bits per heavy atom. The molecule has 0 spiro atoms. The molecule has 0 unspecified atom stereocenters. The van der Waals surface area contributed by atoms with Crippen LogP contribution in [0.25, 0.3) is 6.08 Å². The van der Waals surface area contributed by atoms with Gasteiger partial charge in [-0.05, 0) is 36.6 Å². The minimum absolute atomic E-state index is 0.0580. The molecule has 0 saturated carbocycles. The molecule has 2 heterocycles. The van der Waals surface area contributed by atoms with E-state index in [1.165, 1.54) is 18.9 Å². The fourth-order valence-electron chi connectivity index (χ4n) is 2.91. The van der Waals surface area contributed by atoms with Crippen LogP contribution in [-0.4, -0.2) is 48.1 Å². The van der Waals surface area contributed by atoms with Crippen LogP contribution >= 0.6 is 35.6 Å². The SMILES string of the molecule is C=CCOc1c(Cl)cc(/C=C2\SC(=S)N(C[C@@H]3CCCO3)C2=O)cc1OC. The Hall–Kier alpha value is -1.54. The Labute approximate surface area is 173 Å². The van der Waals surface area contributed by atoms with E-state index in [1.54, 1.807) is 29.2 Å². The van der Waals surface area contributed by atoms with E-state index in [0.29, 0.717) is 38.9 Å². The molecule has 5 nitrogen and oxygen atoms in total. The third-order valence-corrected chi connectivity index (χ3v) is 5.84. The number of ether oxygens (including phenoxy) is 3. The number of thiocarbonyl (C=S) groups is 1. The van der Waals surface area contributed by atoms with Crippen molar-refractivity contribution in [2.45, 2.75) is 18.9 Å². The lowest BCUT2D eigenvalue weighted by Crippen LogP contribution is -2.35. The summed E-state index contributed by atoms with van der Waals surface area (Å²) in [4.78, 5) is 14.9. The molecule has 0 aliphatic carbocycles. The van der Waals surface area contributed by atoms with Gasteiger partial charge in [-0.3, -0.25) is 9.69 Å². The number of nitrogens with zero attached hydrogens (tertiary/aromatic N) is 1. The van der Waals surface area contributed by atoms with E-state index < -0.39 is 0 Å². The molecule has 8 heteroatoms. The van der Waals surface area contributed by atoms with Crippen LogP contribution in [0.4, 0.5) is 0 Å². The van der Waals surface area contributed by atoms with Gasteiger partial charge in [0, 0.05) is 6.61 Å². The van der Waals surface area contributed by atoms with Gasteiger partial charge in [0.25, 0.3) is 5.91 Å². The minimum Gasteiger partial charge on any atom is -0.493 e. The van der Waals surface area contributed by atoms with Crippen LogP contribution in [0, 0.1) is 0 Å². The molecule has 2 fully saturated rings. The molecule has 0 radical (unpaired) electrons. The summed E-state index contributed by atoms with van der Waals surface area (Å²) >= 11 is 13.0. The van der Waals surface area contributed by atoms with Gasteiger partial charge in [0.15, 0.2) is 11.5 Å². The summed E-state index contributed by atoms with van der Waals surface area (Å²) in [6.07, 6.45) is 5.43. The smallest absolute Gasteiger partial charge is 0.266 e. The monoisotopic (exact) mass is 425 g/mol. The van der Waals surface area contributed by atoms with Crippen molar-refractivity contribution >= 4 is 51.9 Å². The summed E-state index contributed by atoms with van der Waals surface area (Å²) in [6, 6.07) is 3.51. The van der Waals surface area contributed by atoms with E-state index in [0.717, 1.165) is 25.0 Å². The second kappa shape index (κ2) is 9.10. The second-order valence-corrected chi connectivity index (χ2v) is 8.14. The van der Waals surface area contributed by atoms with Gasteiger partial charge in [-0.1, -0.05) is 48.2 Å². The molecule has 0 bridgehead atoms. The summed E-state index contributed by atoms with van der Waals surface area (Å²) in [6.45, 7) is 5.18. The molecule has 0 aromatic heterocycles. The van der Waals surface area contributed by atoms with Crippen LogP contribution in [0.15, 0.2) is 29.7 Å². The number of rotatable bonds is 7. The van der Waals surface area contributed by atoms with Crippen molar-refractivity contribution in [3.05, 3.63) is 40.3 Å². The Kier molecular flexibility index (Phi) is 6.81. The molecule has 2 aliphatic rings. The molecule has 144 valence electrons. The molecule has 2 aliphatic heterocycles. The third kappa shape index (κ3) is 4.66. The lowest BCUT2D eigenvalue weighted by molar-refractivity contribution is -0.123. The number of halogens is 1. The quantitative estimate of drug-likeness (QED) is 0.369. The summed E-state index contributed by atoms with van der Waals surface area (Å²) in [5.41, 5.74) is 0.736. The predicted octanol–water partition coefficient (Wildman–Crippen LogP) is 4.29. The maximum absolute atomic E-state index is 12.7. The molecule has 2 saturated heterocycles. The summed E-state index contributed by atoms with van der Waals surface area (Å²) in [5.74, 6) is 0.829. The zero-order valence-electron chi connectivity index (χ0n) is 14.9. The molecule has 1 amide bonds. The fraction of sp³-hybridized carbons (Fsp3) is 0.368. The van der Waals surface area contributed by atoms with Gasteiger partial charge in [-0.15, -0.1) is 0 Å². The van der Waals surface area contributed by atoms with E-state index in [4.69, 9.17) is 38.0 Å². The van der Waals surface area contributed by atoms with Gasteiger partial charge in [-0.25, -0.2) is 0 Å². The van der Waals surface area contributed by atoms with Crippen molar-refractivity contribution in [1.82, 2.24) is 4.90 Å². The number of thioether (sulfide) groups is 1. The van der Waals surface area contributed by atoms with E-state index in [-0.39, 0.29) is 12.0 Å². The molecule has 1 aromatic carbocycles. The van der Waals surface area contributed by atoms with Crippen LogP contribution in [0.1, 0.15) is 18.4 Å². The maximum atomic E-state index is 12.7. The van der Waals surface area contributed by atoms with Crippen LogP contribution in [-0.2, 0) is 9.53 Å². The first-order valence-corrected chi connectivity index (χ1v) is 10.1. The zero-order valence-corrected chi connectivity index (χ0v) is 17.3. The Morgan fingerprint density at radius 1 is 1.52 bits per heavy atom. The van der Waals surface area contributed by atoms with Gasteiger partial charge in [0.2, 0.25) is 0 Å². The average Bonchev–Trinajstić information content (AvgIpc) is 3.25.